The Morgan fingerprint density at radius 1 is 1.26 bits per heavy atom. The molecule has 0 bridgehead atoms. The summed E-state index contributed by atoms with van der Waals surface area (Å²) in [5.74, 6) is -0.229. The van der Waals surface area contributed by atoms with Crippen LogP contribution in [0.2, 0.25) is 0 Å². The average Bonchev–Trinajstić information content (AvgIpc) is 2.34. The van der Waals surface area contributed by atoms with Gasteiger partial charge in [0.05, 0.1) is 6.61 Å². The number of hydrogen-bond acceptors (Lipinski definition) is 3. The summed E-state index contributed by atoms with van der Waals surface area (Å²) in [6, 6.07) is 6.95. The molecule has 0 aromatic heterocycles. The van der Waals surface area contributed by atoms with Crippen LogP contribution >= 0.6 is 0 Å². The number of rotatable bonds is 7. The van der Waals surface area contributed by atoms with Crippen LogP contribution in [0.25, 0.3) is 0 Å². The first kappa shape index (κ1) is 14.4. The molecule has 4 heteroatoms. The Morgan fingerprint density at radius 2 is 1.95 bits per heavy atom. The highest BCUT2D eigenvalue weighted by molar-refractivity contribution is 5.19. The lowest BCUT2D eigenvalue weighted by atomic mass is 9.91. The second-order valence-electron chi connectivity index (χ2n) is 5.29. The number of nitrogens with zero attached hydrogens (tertiary/aromatic N) is 1. The summed E-state index contributed by atoms with van der Waals surface area (Å²) in [6.07, 6.45) is 4.58. The molecule has 1 aliphatic carbocycles. The molecule has 2 rings (SSSR count). The van der Waals surface area contributed by atoms with Gasteiger partial charge in [-0.1, -0.05) is 18.6 Å². The maximum absolute atomic E-state index is 12.8. The summed E-state index contributed by atoms with van der Waals surface area (Å²) >= 11 is 0. The van der Waals surface area contributed by atoms with Gasteiger partial charge in [0.1, 0.15) is 5.82 Å². The fourth-order valence-corrected chi connectivity index (χ4v) is 2.54. The molecule has 0 spiro atoms. The third-order valence-corrected chi connectivity index (χ3v) is 4.00. The highest BCUT2D eigenvalue weighted by atomic mass is 19.1. The minimum atomic E-state index is -0.229. The van der Waals surface area contributed by atoms with E-state index in [1.54, 1.807) is 12.1 Å². The second-order valence-corrected chi connectivity index (χ2v) is 5.29. The fourth-order valence-electron chi connectivity index (χ4n) is 2.54. The highest BCUT2D eigenvalue weighted by Crippen LogP contribution is 2.25. The van der Waals surface area contributed by atoms with E-state index in [4.69, 9.17) is 10.8 Å². The van der Waals surface area contributed by atoms with Crippen LogP contribution in [0.1, 0.15) is 37.3 Å². The molecule has 1 saturated carbocycles. The maximum atomic E-state index is 12.8. The molecule has 19 heavy (non-hydrogen) atoms. The SMILES string of the molecule is NC(CCN(CCO)C1CCC1)c1ccc(F)cc1. The normalized spacial score (nSPS) is 17.5. The third-order valence-electron chi connectivity index (χ3n) is 4.00. The summed E-state index contributed by atoms with van der Waals surface area (Å²) in [5, 5.41) is 9.10. The first-order valence-corrected chi connectivity index (χ1v) is 7.06. The zero-order valence-electron chi connectivity index (χ0n) is 11.3. The lowest BCUT2D eigenvalue weighted by Gasteiger charge is -2.37. The summed E-state index contributed by atoms with van der Waals surface area (Å²) in [5.41, 5.74) is 7.11. The fraction of sp³-hybridized carbons (Fsp3) is 0.600. The van der Waals surface area contributed by atoms with Crippen molar-refractivity contribution in [2.45, 2.75) is 37.8 Å². The van der Waals surface area contributed by atoms with Crippen molar-refractivity contribution in [3.63, 3.8) is 0 Å². The topological polar surface area (TPSA) is 49.5 Å². The van der Waals surface area contributed by atoms with Gasteiger partial charge in [0.25, 0.3) is 0 Å². The summed E-state index contributed by atoms with van der Waals surface area (Å²) in [4.78, 5) is 2.33. The summed E-state index contributed by atoms with van der Waals surface area (Å²) < 4.78 is 12.8. The Bertz CT molecular complexity index is 378. The van der Waals surface area contributed by atoms with E-state index in [1.807, 2.05) is 0 Å². The van der Waals surface area contributed by atoms with E-state index in [1.165, 1.54) is 31.4 Å². The second kappa shape index (κ2) is 6.98. The molecule has 0 heterocycles. The minimum Gasteiger partial charge on any atom is -0.395 e. The van der Waals surface area contributed by atoms with E-state index in [0.29, 0.717) is 6.04 Å². The maximum Gasteiger partial charge on any atom is 0.123 e. The lowest BCUT2D eigenvalue weighted by molar-refractivity contribution is 0.0982. The van der Waals surface area contributed by atoms with Crippen LogP contribution in [-0.4, -0.2) is 35.7 Å². The van der Waals surface area contributed by atoms with E-state index in [0.717, 1.165) is 25.1 Å². The van der Waals surface area contributed by atoms with Crippen LogP contribution < -0.4 is 5.73 Å². The van der Waals surface area contributed by atoms with Crippen molar-refractivity contribution in [3.05, 3.63) is 35.6 Å². The van der Waals surface area contributed by atoms with E-state index < -0.39 is 0 Å². The van der Waals surface area contributed by atoms with E-state index in [2.05, 4.69) is 4.90 Å². The van der Waals surface area contributed by atoms with Crippen molar-refractivity contribution in [2.24, 2.45) is 5.73 Å². The molecule has 3 N–H and O–H groups in total. The van der Waals surface area contributed by atoms with Crippen LogP contribution in [0.4, 0.5) is 4.39 Å². The third kappa shape index (κ3) is 4.00. The molecule has 0 saturated heterocycles. The van der Waals surface area contributed by atoms with Crippen molar-refractivity contribution in [3.8, 4) is 0 Å². The first-order valence-electron chi connectivity index (χ1n) is 7.06. The number of nitrogens with two attached hydrogens (primary N) is 1. The van der Waals surface area contributed by atoms with Gasteiger partial charge in [0.2, 0.25) is 0 Å². The zero-order valence-corrected chi connectivity index (χ0v) is 11.3. The largest absolute Gasteiger partial charge is 0.395 e. The van der Waals surface area contributed by atoms with Crippen LogP contribution in [0, 0.1) is 5.82 Å². The Balaban J connectivity index is 1.83. The standard InChI is InChI=1S/C15H23FN2O/c16-13-6-4-12(5-7-13)15(17)8-9-18(10-11-19)14-2-1-3-14/h4-7,14-15,19H,1-3,8-11,17H2. The van der Waals surface area contributed by atoms with Crippen LogP contribution in [0.3, 0.4) is 0 Å². The van der Waals surface area contributed by atoms with Gasteiger partial charge < -0.3 is 10.8 Å². The van der Waals surface area contributed by atoms with E-state index >= 15 is 0 Å². The molecule has 0 radical (unpaired) electrons. The molecule has 0 aliphatic heterocycles. The number of hydrogen-bond donors (Lipinski definition) is 2. The summed E-state index contributed by atoms with van der Waals surface area (Å²) in [7, 11) is 0. The number of benzene rings is 1. The van der Waals surface area contributed by atoms with Crippen LogP contribution in [0.15, 0.2) is 24.3 Å². The predicted octanol–water partition coefficient (Wildman–Crippen LogP) is 2.06. The monoisotopic (exact) mass is 266 g/mol. The van der Waals surface area contributed by atoms with Crippen molar-refractivity contribution >= 4 is 0 Å². The molecule has 1 aromatic rings. The van der Waals surface area contributed by atoms with Gasteiger partial charge >= 0.3 is 0 Å². The van der Waals surface area contributed by atoms with E-state index in [9.17, 15) is 4.39 Å². The average molecular weight is 266 g/mol. The summed E-state index contributed by atoms with van der Waals surface area (Å²) in [6.45, 7) is 1.81. The number of halogens is 1. The van der Waals surface area contributed by atoms with Crippen LogP contribution in [-0.2, 0) is 0 Å². The van der Waals surface area contributed by atoms with Gasteiger partial charge in [0, 0.05) is 25.2 Å². The molecule has 3 nitrogen and oxygen atoms in total. The predicted molar refractivity (Wildman–Crippen MR) is 74.2 cm³/mol. The molecule has 1 aromatic carbocycles. The van der Waals surface area contributed by atoms with Crippen molar-refractivity contribution < 1.29 is 9.50 Å². The number of aliphatic hydroxyl groups is 1. The Hall–Kier alpha value is -0.970. The Morgan fingerprint density at radius 3 is 2.47 bits per heavy atom. The van der Waals surface area contributed by atoms with Gasteiger partial charge in [-0.2, -0.15) is 0 Å². The Labute approximate surface area is 114 Å². The molecule has 1 atom stereocenters. The van der Waals surface area contributed by atoms with Crippen molar-refractivity contribution in [1.82, 2.24) is 4.90 Å². The molecule has 1 aliphatic rings. The quantitative estimate of drug-likeness (QED) is 0.794. The van der Waals surface area contributed by atoms with Crippen molar-refractivity contribution in [1.29, 1.82) is 0 Å². The first-order chi connectivity index (χ1) is 9.20. The molecule has 0 amide bonds. The van der Waals surface area contributed by atoms with Gasteiger partial charge in [-0.25, -0.2) is 4.39 Å². The van der Waals surface area contributed by atoms with E-state index in [-0.39, 0.29) is 18.5 Å². The molecular formula is C15H23FN2O. The van der Waals surface area contributed by atoms with Gasteiger partial charge in [-0.05, 0) is 37.0 Å². The van der Waals surface area contributed by atoms with Crippen molar-refractivity contribution in [2.75, 3.05) is 19.7 Å². The van der Waals surface area contributed by atoms with Crippen LogP contribution in [0.5, 0.6) is 0 Å². The van der Waals surface area contributed by atoms with Gasteiger partial charge in [-0.15, -0.1) is 0 Å². The van der Waals surface area contributed by atoms with Gasteiger partial charge in [-0.3, -0.25) is 4.90 Å². The molecule has 1 unspecified atom stereocenters. The van der Waals surface area contributed by atoms with Gasteiger partial charge in [0.15, 0.2) is 0 Å². The molecular weight excluding hydrogens is 243 g/mol. The number of aliphatic hydroxyl groups excluding tert-OH is 1. The highest BCUT2D eigenvalue weighted by Gasteiger charge is 2.24. The minimum absolute atomic E-state index is 0.0677. The zero-order chi connectivity index (χ0) is 13.7. The smallest absolute Gasteiger partial charge is 0.123 e. The Kier molecular flexibility index (Phi) is 5.31. The molecule has 106 valence electrons. The lowest BCUT2D eigenvalue weighted by Crippen LogP contribution is -2.43. The molecule has 1 fully saturated rings.